The number of hydrogen-bond acceptors (Lipinski definition) is 9. The molecule has 0 fully saturated rings. The fourth-order valence-electron chi connectivity index (χ4n) is 2.76. The molecule has 0 spiro atoms. The Morgan fingerprint density at radius 1 is 1.19 bits per heavy atom. The maximum absolute atomic E-state index is 12.3. The second-order valence-corrected chi connectivity index (χ2v) is 8.72. The first kappa shape index (κ1) is 21.7. The summed E-state index contributed by atoms with van der Waals surface area (Å²) in [5.74, 6) is 0.0451. The van der Waals surface area contributed by atoms with E-state index in [9.17, 15) is 19.1 Å². The summed E-state index contributed by atoms with van der Waals surface area (Å²) in [6.45, 7) is -1.21. The number of hydrogen-bond donors (Lipinski definition) is 1. The molecule has 0 aliphatic rings. The molecule has 1 unspecified atom stereocenters. The number of allylic oxidation sites excluding steroid dienone is 1. The average molecular weight is 472 g/mol. The van der Waals surface area contributed by atoms with Gasteiger partial charge in [-0.2, -0.15) is 14.0 Å². The predicted octanol–water partition coefficient (Wildman–Crippen LogP) is 5.92. The zero-order valence-electron chi connectivity index (χ0n) is 16.4. The Morgan fingerprint density at radius 3 is 2.62 bits per heavy atom. The lowest BCUT2D eigenvalue weighted by Crippen LogP contribution is -2.04. The molecule has 1 N–H and O–H groups in total. The maximum atomic E-state index is 12.3. The quantitative estimate of drug-likeness (QED) is 0.201. The third-order valence-corrected chi connectivity index (χ3v) is 6.27. The normalized spacial score (nSPS) is 13.1. The van der Waals surface area contributed by atoms with Gasteiger partial charge in [0.25, 0.3) is 5.22 Å². The summed E-state index contributed by atoms with van der Waals surface area (Å²) < 4.78 is 35.4. The van der Waals surface area contributed by atoms with Crippen molar-refractivity contribution >= 4 is 38.9 Å². The van der Waals surface area contributed by atoms with Gasteiger partial charge in [0, 0.05) is 5.56 Å². The van der Waals surface area contributed by atoms with Gasteiger partial charge in [-0.1, -0.05) is 23.9 Å². The van der Waals surface area contributed by atoms with Crippen molar-refractivity contribution in [3.63, 3.8) is 0 Å². The van der Waals surface area contributed by atoms with Crippen molar-refractivity contribution in [2.45, 2.75) is 24.0 Å². The highest BCUT2D eigenvalue weighted by Gasteiger charge is 2.22. The van der Waals surface area contributed by atoms with Crippen LogP contribution in [-0.2, 0) is 0 Å². The van der Waals surface area contributed by atoms with E-state index in [0.717, 1.165) is 22.0 Å². The number of fused-ring (bicyclic) bond motifs is 1. The zero-order chi connectivity index (χ0) is 22.7. The van der Waals surface area contributed by atoms with Crippen LogP contribution in [0.15, 0.2) is 63.9 Å². The van der Waals surface area contributed by atoms with Crippen LogP contribution in [0.4, 0.5) is 8.78 Å². The molecule has 0 saturated heterocycles. The van der Waals surface area contributed by atoms with E-state index in [1.54, 1.807) is 6.92 Å². The Morgan fingerprint density at radius 2 is 1.94 bits per heavy atom. The van der Waals surface area contributed by atoms with Crippen LogP contribution in [0.5, 0.6) is 5.75 Å². The minimum Gasteiger partial charge on any atom is -0.510 e. The fraction of sp³-hybridized carbons (Fsp3) is 0.143. The Kier molecular flexibility index (Phi) is 6.34. The van der Waals surface area contributed by atoms with E-state index in [0.29, 0.717) is 10.6 Å². The van der Waals surface area contributed by atoms with Crippen LogP contribution in [0.25, 0.3) is 27.2 Å². The summed E-state index contributed by atoms with van der Waals surface area (Å²) >= 11 is 2.40. The maximum Gasteiger partial charge on any atom is 0.387 e. The standard InChI is InChI=1S/C21H14F2N4O3S2/c1-11(17(28)14(10-24)19-25-15-4-2-3-5-16(15)32-19)31-21-27-26-18(30-21)12-6-8-13(9-7-12)29-20(22)23/h2-9,11,20,28H,1H3/b17-14+. The van der Waals surface area contributed by atoms with Gasteiger partial charge in [-0.3, -0.25) is 0 Å². The highest BCUT2D eigenvalue weighted by molar-refractivity contribution is 7.99. The fourth-order valence-corrected chi connectivity index (χ4v) is 4.47. The van der Waals surface area contributed by atoms with Crippen molar-refractivity contribution in [3.8, 4) is 23.3 Å². The van der Waals surface area contributed by atoms with Crippen LogP contribution < -0.4 is 4.74 Å². The summed E-state index contributed by atoms with van der Waals surface area (Å²) in [5.41, 5.74) is 1.35. The summed E-state index contributed by atoms with van der Waals surface area (Å²) in [5, 5.41) is 28.2. The SMILES string of the molecule is CC(Sc1nnc(-c2ccc(OC(F)F)cc2)o1)/C(O)=C(/C#N)c1nc2ccccc2s1. The van der Waals surface area contributed by atoms with Gasteiger partial charge in [0.1, 0.15) is 28.2 Å². The first-order chi connectivity index (χ1) is 15.4. The topological polar surface area (TPSA) is 105 Å². The van der Waals surface area contributed by atoms with Gasteiger partial charge < -0.3 is 14.3 Å². The molecule has 4 aromatic rings. The number of para-hydroxylation sites is 1. The lowest BCUT2D eigenvalue weighted by atomic mass is 10.2. The molecule has 0 aliphatic carbocycles. The Bertz CT molecular complexity index is 1280. The third-order valence-electron chi connectivity index (χ3n) is 4.27. The van der Waals surface area contributed by atoms with Crippen molar-refractivity contribution in [2.75, 3.05) is 0 Å². The van der Waals surface area contributed by atoms with E-state index in [-0.39, 0.29) is 28.2 Å². The largest absolute Gasteiger partial charge is 0.510 e. The van der Waals surface area contributed by atoms with Crippen molar-refractivity contribution in [2.24, 2.45) is 0 Å². The number of halogens is 2. The van der Waals surface area contributed by atoms with E-state index in [4.69, 9.17) is 4.42 Å². The van der Waals surface area contributed by atoms with Crippen LogP contribution in [0.3, 0.4) is 0 Å². The highest BCUT2D eigenvalue weighted by atomic mass is 32.2. The molecular weight excluding hydrogens is 458 g/mol. The van der Waals surface area contributed by atoms with Gasteiger partial charge >= 0.3 is 6.61 Å². The van der Waals surface area contributed by atoms with Crippen LogP contribution in [0.1, 0.15) is 11.9 Å². The van der Waals surface area contributed by atoms with Crippen molar-refractivity contribution in [3.05, 3.63) is 59.3 Å². The monoisotopic (exact) mass is 472 g/mol. The highest BCUT2D eigenvalue weighted by Crippen LogP contribution is 2.34. The average Bonchev–Trinajstić information content (AvgIpc) is 3.41. The minimum absolute atomic E-state index is 0.0143. The number of alkyl halides is 2. The number of nitriles is 1. The second-order valence-electron chi connectivity index (χ2n) is 6.39. The lowest BCUT2D eigenvalue weighted by Gasteiger charge is -2.08. The molecular formula is C21H14F2N4O3S2. The smallest absolute Gasteiger partial charge is 0.387 e. The van der Waals surface area contributed by atoms with Crippen molar-refractivity contribution in [1.82, 2.24) is 15.2 Å². The van der Waals surface area contributed by atoms with Gasteiger partial charge in [0.2, 0.25) is 5.89 Å². The lowest BCUT2D eigenvalue weighted by molar-refractivity contribution is -0.0498. The minimum atomic E-state index is -2.91. The predicted molar refractivity (Wildman–Crippen MR) is 116 cm³/mol. The van der Waals surface area contributed by atoms with E-state index < -0.39 is 11.9 Å². The molecule has 162 valence electrons. The molecule has 7 nitrogen and oxygen atoms in total. The molecule has 0 bridgehead atoms. The van der Waals surface area contributed by atoms with Gasteiger partial charge in [0.15, 0.2) is 0 Å². The molecule has 0 radical (unpaired) electrons. The Balaban J connectivity index is 1.51. The van der Waals surface area contributed by atoms with E-state index in [1.165, 1.54) is 35.6 Å². The number of nitrogens with zero attached hydrogens (tertiary/aromatic N) is 4. The Hall–Kier alpha value is -3.49. The number of rotatable bonds is 7. The van der Waals surface area contributed by atoms with Crippen LogP contribution in [0.2, 0.25) is 0 Å². The van der Waals surface area contributed by atoms with Gasteiger partial charge in [-0.05, 0) is 43.3 Å². The summed E-state index contributed by atoms with van der Waals surface area (Å²) in [6, 6.07) is 15.3. The number of benzene rings is 2. The Labute approximate surface area is 189 Å². The third kappa shape index (κ3) is 4.71. The number of thiazole rings is 1. The first-order valence-corrected chi connectivity index (χ1v) is 10.9. The molecule has 11 heteroatoms. The van der Waals surface area contributed by atoms with Gasteiger partial charge in [-0.25, -0.2) is 4.98 Å². The summed E-state index contributed by atoms with van der Waals surface area (Å²) in [7, 11) is 0. The van der Waals surface area contributed by atoms with E-state index in [1.807, 2.05) is 30.3 Å². The molecule has 2 aromatic carbocycles. The van der Waals surface area contributed by atoms with Crippen LogP contribution in [0, 0.1) is 11.3 Å². The van der Waals surface area contributed by atoms with Crippen LogP contribution >= 0.6 is 23.1 Å². The molecule has 2 aromatic heterocycles. The van der Waals surface area contributed by atoms with Crippen molar-refractivity contribution < 1.29 is 23.0 Å². The molecule has 0 saturated carbocycles. The number of aliphatic hydroxyl groups is 1. The van der Waals surface area contributed by atoms with Gasteiger partial charge in [0.05, 0.1) is 15.5 Å². The summed E-state index contributed by atoms with van der Waals surface area (Å²) in [4.78, 5) is 4.42. The summed E-state index contributed by atoms with van der Waals surface area (Å²) in [6.07, 6.45) is 0. The molecule has 2 heterocycles. The molecule has 4 rings (SSSR count). The number of ether oxygens (including phenoxy) is 1. The second kappa shape index (κ2) is 9.33. The van der Waals surface area contributed by atoms with Crippen molar-refractivity contribution in [1.29, 1.82) is 5.26 Å². The first-order valence-electron chi connectivity index (χ1n) is 9.19. The molecule has 0 aliphatic heterocycles. The molecule has 32 heavy (non-hydrogen) atoms. The number of aliphatic hydroxyl groups excluding tert-OH is 1. The number of aromatic nitrogens is 3. The molecule has 1 atom stereocenters. The van der Waals surface area contributed by atoms with E-state index in [2.05, 4.69) is 19.9 Å². The van der Waals surface area contributed by atoms with Gasteiger partial charge in [-0.15, -0.1) is 21.5 Å². The molecule has 0 amide bonds. The van der Waals surface area contributed by atoms with Crippen LogP contribution in [-0.4, -0.2) is 32.1 Å². The van der Waals surface area contributed by atoms with E-state index >= 15 is 0 Å². The number of thioether (sulfide) groups is 1. The zero-order valence-corrected chi connectivity index (χ0v) is 18.0.